The van der Waals surface area contributed by atoms with Crippen LogP contribution in [0.2, 0.25) is 0 Å². The van der Waals surface area contributed by atoms with E-state index >= 15 is 0 Å². The summed E-state index contributed by atoms with van der Waals surface area (Å²) >= 11 is 0. The molecule has 1 saturated heterocycles. The molecule has 1 N–H and O–H groups in total. The summed E-state index contributed by atoms with van der Waals surface area (Å²) < 4.78 is 5.28. The summed E-state index contributed by atoms with van der Waals surface area (Å²) in [7, 11) is 1.75. The van der Waals surface area contributed by atoms with E-state index in [1.54, 1.807) is 18.9 Å². The van der Waals surface area contributed by atoms with E-state index in [0.717, 1.165) is 32.5 Å². The van der Waals surface area contributed by atoms with Gasteiger partial charge in [-0.05, 0) is 32.1 Å². The molecule has 4 nitrogen and oxygen atoms in total. The van der Waals surface area contributed by atoms with E-state index < -0.39 is 6.10 Å². The van der Waals surface area contributed by atoms with E-state index in [-0.39, 0.29) is 5.91 Å². The monoisotopic (exact) mass is 229 g/mol. The van der Waals surface area contributed by atoms with Gasteiger partial charge in [-0.2, -0.15) is 0 Å². The van der Waals surface area contributed by atoms with Gasteiger partial charge in [0.25, 0.3) is 0 Å². The quantitative estimate of drug-likeness (QED) is 0.766. The SMILES string of the molecule is CC(O)CN(C)C(=O)CCC1CCOCC1. The van der Waals surface area contributed by atoms with Gasteiger partial charge in [0.05, 0.1) is 6.10 Å². The zero-order chi connectivity index (χ0) is 12.0. The lowest BCUT2D eigenvalue weighted by atomic mass is 9.95. The topological polar surface area (TPSA) is 49.8 Å². The molecule has 0 aliphatic carbocycles. The fraction of sp³-hybridized carbons (Fsp3) is 0.917. The molecule has 1 amide bonds. The Kier molecular flexibility index (Phi) is 5.77. The van der Waals surface area contributed by atoms with Gasteiger partial charge >= 0.3 is 0 Å². The summed E-state index contributed by atoms with van der Waals surface area (Å²) in [5.41, 5.74) is 0. The predicted octanol–water partition coefficient (Wildman–Crippen LogP) is 1.03. The number of hydrogen-bond acceptors (Lipinski definition) is 3. The molecule has 1 aliphatic rings. The predicted molar refractivity (Wildman–Crippen MR) is 62.1 cm³/mol. The molecular weight excluding hydrogens is 206 g/mol. The van der Waals surface area contributed by atoms with E-state index in [1.807, 2.05) is 0 Å². The normalized spacial score (nSPS) is 19.4. The van der Waals surface area contributed by atoms with Crippen LogP contribution in [0, 0.1) is 5.92 Å². The van der Waals surface area contributed by atoms with Gasteiger partial charge in [0.1, 0.15) is 0 Å². The summed E-state index contributed by atoms with van der Waals surface area (Å²) in [5.74, 6) is 0.769. The van der Waals surface area contributed by atoms with Crippen LogP contribution in [0.4, 0.5) is 0 Å². The van der Waals surface area contributed by atoms with Gasteiger partial charge in [-0.25, -0.2) is 0 Å². The third-order valence-electron chi connectivity index (χ3n) is 3.07. The summed E-state index contributed by atoms with van der Waals surface area (Å²) in [5, 5.41) is 9.18. The van der Waals surface area contributed by atoms with Gasteiger partial charge in [0.15, 0.2) is 0 Å². The highest BCUT2D eigenvalue weighted by Crippen LogP contribution is 2.20. The van der Waals surface area contributed by atoms with Crippen LogP contribution in [0.25, 0.3) is 0 Å². The van der Waals surface area contributed by atoms with Crippen molar-refractivity contribution in [2.75, 3.05) is 26.8 Å². The molecule has 1 aliphatic heterocycles. The Morgan fingerprint density at radius 1 is 1.50 bits per heavy atom. The van der Waals surface area contributed by atoms with Crippen LogP contribution < -0.4 is 0 Å². The molecule has 16 heavy (non-hydrogen) atoms. The van der Waals surface area contributed by atoms with Crippen molar-refractivity contribution in [2.45, 2.75) is 38.7 Å². The van der Waals surface area contributed by atoms with Crippen LogP contribution in [0.5, 0.6) is 0 Å². The minimum atomic E-state index is -0.447. The molecule has 1 rings (SSSR count). The number of carbonyl (C=O) groups excluding carboxylic acids is 1. The Hall–Kier alpha value is -0.610. The number of aliphatic hydroxyl groups excluding tert-OH is 1. The van der Waals surface area contributed by atoms with E-state index in [1.165, 1.54) is 0 Å². The molecule has 0 saturated carbocycles. The van der Waals surface area contributed by atoms with E-state index in [0.29, 0.717) is 18.9 Å². The first-order valence-electron chi connectivity index (χ1n) is 6.09. The maximum absolute atomic E-state index is 11.7. The van der Waals surface area contributed by atoms with Crippen LogP contribution in [-0.2, 0) is 9.53 Å². The average Bonchev–Trinajstić information content (AvgIpc) is 2.26. The van der Waals surface area contributed by atoms with Gasteiger partial charge in [0.2, 0.25) is 5.91 Å². The first-order chi connectivity index (χ1) is 7.59. The van der Waals surface area contributed by atoms with Gasteiger partial charge < -0.3 is 14.7 Å². The highest BCUT2D eigenvalue weighted by Gasteiger charge is 2.17. The molecule has 1 heterocycles. The molecule has 4 heteroatoms. The summed E-state index contributed by atoms with van der Waals surface area (Å²) in [6, 6.07) is 0. The molecule has 0 bridgehead atoms. The maximum Gasteiger partial charge on any atom is 0.222 e. The van der Waals surface area contributed by atoms with Crippen molar-refractivity contribution in [3.63, 3.8) is 0 Å². The number of nitrogens with zero attached hydrogens (tertiary/aromatic N) is 1. The first kappa shape index (κ1) is 13.5. The third-order valence-corrected chi connectivity index (χ3v) is 3.07. The lowest BCUT2D eigenvalue weighted by molar-refractivity contribution is -0.131. The van der Waals surface area contributed by atoms with E-state index in [4.69, 9.17) is 4.74 Å². The minimum absolute atomic E-state index is 0.132. The molecule has 0 aromatic rings. The fourth-order valence-electron chi connectivity index (χ4n) is 2.05. The van der Waals surface area contributed by atoms with Crippen molar-refractivity contribution in [3.8, 4) is 0 Å². The summed E-state index contributed by atoms with van der Waals surface area (Å²) in [6.07, 6.45) is 3.25. The van der Waals surface area contributed by atoms with Gasteiger partial charge in [-0.3, -0.25) is 4.79 Å². The highest BCUT2D eigenvalue weighted by atomic mass is 16.5. The van der Waals surface area contributed by atoms with Crippen molar-refractivity contribution in [2.24, 2.45) is 5.92 Å². The van der Waals surface area contributed by atoms with E-state index in [2.05, 4.69) is 0 Å². The third kappa shape index (κ3) is 4.94. The average molecular weight is 229 g/mol. The van der Waals surface area contributed by atoms with Crippen molar-refractivity contribution < 1.29 is 14.6 Å². The van der Waals surface area contributed by atoms with Crippen LogP contribution in [0.1, 0.15) is 32.6 Å². The maximum atomic E-state index is 11.7. The van der Waals surface area contributed by atoms with Crippen LogP contribution in [-0.4, -0.2) is 48.8 Å². The Balaban J connectivity index is 2.17. The molecule has 1 unspecified atom stereocenters. The molecule has 0 spiro atoms. The number of rotatable bonds is 5. The fourth-order valence-corrected chi connectivity index (χ4v) is 2.05. The van der Waals surface area contributed by atoms with Gasteiger partial charge in [-0.15, -0.1) is 0 Å². The number of likely N-dealkylation sites (N-methyl/N-ethyl adjacent to an activating group) is 1. The van der Waals surface area contributed by atoms with Crippen molar-refractivity contribution in [1.82, 2.24) is 4.90 Å². The molecule has 94 valence electrons. The smallest absolute Gasteiger partial charge is 0.222 e. The molecule has 1 atom stereocenters. The van der Waals surface area contributed by atoms with Crippen LogP contribution in [0.3, 0.4) is 0 Å². The Bertz CT molecular complexity index is 212. The zero-order valence-corrected chi connectivity index (χ0v) is 10.3. The Labute approximate surface area is 97.6 Å². The largest absolute Gasteiger partial charge is 0.392 e. The number of ether oxygens (including phenoxy) is 1. The lowest BCUT2D eigenvalue weighted by Gasteiger charge is -2.23. The number of hydrogen-bond donors (Lipinski definition) is 1. The minimum Gasteiger partial charge on any atom is -0.392 e. The van der Waals surface area contributed by atoms with E-state index in [9.17, 15) is 9.90 Å². The number of carbonyl (C=O) groups is 1. The number of aliphatic hydroxyl groups is 1. The van der Waals surface area contributed by atoms with Crippen LogP contribution in [0.15, 0.2) is 0 Å². The molecule has 0 aromatic heterocycles. The standard InChI is InChI=1S/C12H23NO3/c1-10(14)9-13(2)12(15)4-3-11-5-7-16-8-6-11/h10-11,14H,3-9H2,1-2H3. The lowest BCUT2D eigenvalue weighted by Crippen LogP contribution is -2.33. The first-order valence-corrected chi connectivity index (χ1v) is 6.09. The van der Waals surface area contributed by atoms with Gasteiger partial charge in [-0.1, -0.05) is 0 Å². The molecule has 0 radical (unpaired) electrons. The second-order valence-electron chi connectivity index (χ2n) is 4.72. The summed E-state index contributed by atoms with van der Waals surface area (Å²) in [6.45, 7) is 3.79. The number of amides is 1. The Morgan fingerprint density at radius 2 is 2.12 bits per heavy atom. The second kappa shape index (κ2) is 6.86. The van der Waals surface area contributed by atoms with Gasteiger partial charge in [0, 0.05) is 33.2 Å². The van der Waals surface area contributed by atoms with Crippen molar-refractivity contribution in [1.29, 1.82) is 0 Å². The highest BCUT2D eigenvalue weighted by molar-refractivity contribution is 5.75. The summed E-state index contributed by atoms with van der Waals surface area (Å²) in [4.78, 5) is 13.3. The zero-order valence-electron chi connectivity index (χ0n) is 10.3. The molecule has 1 fully saturated rings. The van der Waals surface area contributed by atoms with Crippen LogP contribution >= 0.6 is 0 Å². The Morgan fingerprint density at radius 3 is 2.69 bits per heavy atom. The molecular formula is C12H23NO3. The second-order valence-corrected chi connectivity index (χ2v) is 4.72. The molecule has 0 aromatic carbocycles. The van der Waals surface area contributed by atoms with Crippen molar-refractivity contribution in [3.05, 3.63) is 0 Å². The van der Waals surface area contributed by atoms with Crippen molar-refractivity contribution >= 4 is 5.91 Å².